The topological polar surface area (TPSA) is 131 Å². The molecular formula is C41H85N2O6P. The van der Waals surface area contributed by atoms with E-state index in [4.69, 9.17) is 14.8 Å². The summed E-state index contributed by atoms with van der Waals surface area (Å²) in [7, 11) is -4.30. The molecule has 0 aliphatic carbocycles. The average molecular weight is 733 g/mol. The average Bonchev–Trinajstić information content (AvgIpc) is 3.10. The van der Waals surface area contributed by atoms with Crippen LogP contribution in [-0.2, 0) is 18.4 Å². The molecule has 9 heteroatoms. The first-order valence-electron chi connectivity index (χ1n) is 21.7. The monoisotopic (exact) mass is 733 g/mol. The maximum Gasteiger partial charge on any atom is 0.472 e. The highest BCUT2D eigenvalue weighted by Gasteiger charge is 2.27. The van der Waals surface area contributed by atoms with E-state index in [2.05, 4.69) is 19.2 Å². The number of carbonyl (C=O) groups excluding carboxylic acids is 1. The van der Waals surface area contributed by atoms with E-state index in [1.54, 1.807) is 0 Å². The second-order valence-electron chi connectivity index (χ2n) is 14.9. The minimum Gasteiger partial charge on any atom is -0.391 e. The molecule has 0 fully saturated rings. The minimum absolute atomic E-state index is 0.0921. The van der Waals surface area contributed by atoms with Gasteiger partial charge in [-0.3, -0.25) is 13.8 Å². The minimum atomic E-state index is -4.30. The second-order valence-corrected chi connectivity index (χ2v) is 16.4. The lowest BCUT2D eigenvalue weighted by atomic mass is 10.0. The van der Waals surface area contributed by atoms with Gasteiger partial charge in [-0.25, -0.2) is 4.57 Å². The molecule has 0 bridgehead atoms. The lowest BCUT2D eigenvalue weighted by Gasteiger charge is -2.25. The molecule has 1 unspecified atom stereocenters. The standard InChI is InChI=1S/C41H85N2O6P/c1-3-5-7-9-11-13-14-15-16-17-18-19-20-21-22-23-24-25-27-29-31-33-35-41(45)43-39(38-49-50(46,47)48-37-36-42)40(44)34-32-30-28-26-12-10-8-6-4-2/h39-40,44H,3-38,42H2,1-2H3,(H,43,45)(H,46,47)/t39-,40+/m0/s1. The maximum atomic E-state index is 12.7. The van der Waals surface area contributed by atoms with E-state index in [0.29, 0.717) is 12.8 Å². The largest absolute Gasteiger partial charge is 0.472 e. The summed E-state index contributed by atoms with van der Waals surface area (Å²) in [6.45, 7) is 4.21. The van der Waals surface area contributed by atoms with Crippen molar-refractivity contribution in [1.82, 2.24) is 5.32 Å². The summed E-state index contributed by atoms with van der Waals surface area (Å²) in [6, 6.07) is -0.766. The van der Waals surface area contributed by atoms with E-state index in [1.165, 1.54) is 161 Å². The lowest BCUT2D eigenvalue weighted by molar-refractivity contribution is -0.123. The first kappa shape index (κ1) is 49.5. The number of unbranched alkanes of at least 4 members (excludes halogenated alkanes) is 29. The molecule has 50 heavy (non-hydrogen) atoms. The number of amides is 1. The van der Waals surface area contributed by atoms with Gasteiger partial charge in [-0.2, -0.15) is 0 Å². The van der Waals surface area contributed by atoms with Crippen molar-refractivity contribution in [2.24, 2.45) is 5.73 Å². The van der Waals surface area contributed by atoms with Crippen molar-refractivity contribution in [2.75, 3.05) is 19.8 Å². The maximum absolute atomic E-state index is 12.7. The first-order valence-corrected chi connectivity index (χ1v) is 23.1. The Morgan fingerprint density at radius 2 is 0.920 bits per heavy atom. The van der Waals surface area contributed by atoms with Gasteiger partial charge < -0.3 is 21.1 Å². The normalized spacial score (nSPS) is 14.1. The lowest BCUT2D eigenvalue weighted by Crippen LogP contribution is -2.46. The predicted octanol–water partition coefficient (Wildman–Crippen LogP) is 11.8. The molecular weight excluding hydrogens is 647 g/mol. The van der Waals surface area contributed by atoms with Gasteiger partial charge in [-0.15, -0.1) is 0 Å². The van der Waals surface area contributed by atoms with E-state index < -0.39 is 20.0 Å². The quantitative estimate of drug-likeness (QED) is 0.0363. The van der Waals surface area contributed by atoms with Gasteiger partial charge in [0.2, 0.25) is 5.91 Å². The number of phosphoric acid groups is 1. The van der Waals surface area contributed by atoms with Gasteiger partial charge in [-0.05, 0) is 12.8 Å². The third kappa shape index (κ3) is 35.9. The number of nitrogens with one attached hydrogen (secondary N) is 1. The number of carbonyl (C=O) groups is 1. The van der Waals surface area contributed by atoms with E-state index in [1.807, 2.05) is 0 Å². The predicted molar refractivity (Wildman–Crippen MR) is 212 cm³/mol. The molecule has 1 amide bonds. The summed E-state index contributed by atoms with van der Waals surface area (Å²) in [6.07, 6.45) is 39.8. The van der Waals surface area contributed by atoms with E-state index >= 15 is 0 Å². The molecule has 0 heterocycles. The van der Waals surface area contributed by atoms with Crippen LogP contribution in [0.5, 0.6) is 0 Å². The molecule has 0 saturated carbocycles. The van der Waals surface area contributed by atoms with Gasteiger partial charge >= 0.3 is 7.82 Å². The Bertz CT molecular complexity index is 759. The fraction of sp³-hybridized carbons (Fsp3) is 0.976. The van der Waals surface area contributed by atoms with Gasteiger partial charge in [0, 0.05) is 13.0 Å². The van der Waals surface area contributed by atoms with Crippen molar-refractivity contribution < 1.29 is 28.4 Å². The highest BCUT2D eigenvalue weighted by Crippen LogP contribution is 2.43. The molecule has 0 aromatic carbocycles. The van der Waals surface area contributed by atoms with Crippen LogP contribution in [0, 0.1) is 0 Å². The van der Waals surface area contributed by atoms with Crippen molar-refractivity contribution in [1.29, 1.82) is 0 Å². The van der Waals surface area contributed by atoms with Gasteiger partial charge in [0.1, 0.15) is 0 Å². The van der Waals surface area contributed by atoms with Gasteiger partial charge in [0.05, 0.1) is 25.4 Å². The molecule has 0 rings (SSSR count). The van der Waals surface area contributed by atoms with Crippen LogP contribution in [-0.4, -0.2) is 47.8 Å². The van der Waals surface area contributed by atoms with Crippen LogP contribution >= 0.6 is 7.82 Å². The molecule has 8 nitrogen and oxygen atoms in total. The Morgan fingerprint density at radius 1 is 0.580 bits per heavy atom. The highest BCUT2D eigenvalue weighted by atomic mass is 31.2. The second kappa shape index (κ2) is 38.2. The number of nitrogens with two attached hydrogens (primary N) is 1. The van der Waals surface area contributed by atoms with Crippen molar-refractivity contribution in [3.8, 4) is 0 Å². The molecule has 0 spiro atoms. The molecule has 0 aliphatic heterocycles. The third-order valence-corrected chi connectivity index (χ3v) is 10.9. The fourth-order valence-electron chi connectivity index (χ4n) is 6.67. The van der Waals surface area contributed by atoms with Crippen molar-refractivity contribution >= 4 is 13.7 Å². The first-order chi connectivity index (χ1) is 24.4. The zero-order valence-corrected chi connectivity index (χ0v) is 34.1. The summed E-state index contributed by atoms with van der Waals surface area (Å²) in [5.41, 5.74) is 5.36. The van der Waals surface area contributed by atoms with Gasteiger partial charge in [0.15, 0.2) is 0 Å². The summed E-state index contributed by atoms with van der Waals surface area (Å²) in [4.78, 5) is 22.6. The van der Waals surface area contributed by atoms with E-state index in [9.17, 15) is 19.4 Å². The zero-order chi connectivity index (χ0) is 36.8. The van der Waals surface area contributed by atoms with Crippen LogP contribution in [0.2, 0.25) is 0 Å². The van der Waals surface area contributed by atoms with Crippen LogP contribution in [0.1, 0.15) is 226 Å². The van der Waals surface area contributed by atoms with E-state index in [0.717, 1.165) is 38.5 Å². The van der Waals surface area contributed by atoms with Crippen LogP contribution in [0.4, 0.5) is 0 Å². The fourth-order valence-corrected chi connectivity index (χ4v) is 7.43. The Kier molecular flexibility index (Phi) is 37.8. The molecule has 0 aliphatic rings. The van der Waals surface area contributed by atoms with Gasteiger partial charge in [0.25, 0.3) is 0 Å². The van der Waals surface area contributed by atoms with Crippen LogP contribution < -0.4 is 11.1 Å². The molecule has 0 aromatic rings. The smallest absolute Gasteiger partial charge is 0.391 e. The molecule has 0 aromatic heterocycles. The number of hydrogen-bond donors (Lipinski definition) is 4. The van der Waals surface area contributed by atoms with Crippen molar-refractivity contribution in [2.45, 2.75) is 238 Å². The molecule has 300 valence electrons. The summed E-state index contributed by atoms with van der Waals surface area (Å²) in [5.74, 6) is -0.159. The Morgan fingerprint density at radius 3 is 1.28 bits per heavy atom. The number of rotatable bonds is 41. The van der Waals surface area contributed by atoms with Gasteiger partial charge in [-0.1, -0.05) is 206 Å². The van der Waals surface area contributed by atoms with Crippen molar-refractivity contribution in [3.63, 3.8) is 0 Å². The SMILES string of the molecule is CCCCCCCCCCCCCCCCCCCCCCCCC(=O)N[C@@H](COP(=O)(O)OCCN)[C@H](O)CCCCCCCCCCC. The molecule has 5 N–H and O–H groups in total. The number of phosphoric ester groups is 1. The van der Waals surface area contributed by atoms with Crippen LogP contribution in [0.3, 0.4) is 0 Å². The molecule has 0 radical (unpaired) electrons. The Balaban J connectivity index is 3.96. The number of hydrogen-bond acceptors (Lipinski definition) is 6. The van der Waals surface area contributed by atoms with Crippen LogP contribution in [0.25, 0.3) is 0 Å². The summed E-state index contributed by atoms with van der Waals surface area (Å²) in [5, 5.41) is 13.7. The van der Waals surface area contributed by atoms with E-state index in [-0.39, 0.29) is 25.7 Å². The summed E-state index contributed by atoms with van der Waals surface area (Å²) < 4.78 is 22.1. The number of aliphatic hydroxyl groups is 1. The summed E-state index contributed by atoms with van der Waals surface area (Å²) >= 11 is 0. The zero-order valence-electron chi connectivity index (χ0n) is 33.2. The van der Waals surface area contributed by atoms with Crippen LogP contribution in [0.15, 0.2) is 0 Å². The molecule has 3 atom stereocenters. The number of aliphatic hydroxyl groups excluding tert-OH is 1. The molecule has 0 saturated heterocycles. The Hall–Kier alpha value is -0.500. The Labute approximate surface area is 310 Å². The third-order valence-electron chi connectivity index (χ3n) is 9.96. The highest BCUT2D eigenvalue weighted by molar-refractivity contribution is 7.47. The van der Waals surface area contributed by atoms with Crippen molar-refractivity contribution in [3.05, 3.63) is 0 Å².